The summed E-state index contributed by atoms with van der Waals surface area (Å²) in [6.07, 6.45) is 3.16. The molecule has 1 N–H and O–H groups in total. The Labute approximate surface area is 198 Å². The number of benzene rings is 2. The number of hydrogen-bond acceptors (Lipinski definition) is 6. The van der Waals surface area contributed by atoms with Gasteiger partial charge in [0.15, 0.2) is 5.16 Å². The van der Waals surface area contributed by atoms with Crippen molar-refractivity contribution in [3.63, 3.8) is 0 Å². The number of amides is 1. The Morgan fingerprint density at radius 1 is 1.12 bits per heavy atom. The molecule has 1 unspecified atom stereocenters. The SMILES string of the molecule is Cc1ccccc1-n1c(SCC(=O)NC2CCCc3ccccc32)nnc1N1CCOCC1. The maximum atomic E-state index is 12.9. The highest BCUT2D eigenvalue weighted by Crippen LogP contribution is 2.31. The van der Waals surface area contributed by atoms with Crippen LogP contribution < -0.4 is 10.2 Å². The number of anilines is 1. The molecule has 172 valence electrons. The molecule has 2 aromatic carbocycles. The van der Waals surface area contributed by atoms with Crippen LogP contribution in [0.1, 0.15) is 35.6 Å². The number of aromatic nitrogens is 3. The van der Waals surface area contributed by atoms with Gasteiger partial charge in [0.05, 0.1) is 30.7 Å². The highest BCUT2D eigenvalue weighted by atomic mass is 32.2. The number of nitrogens with one attached hydrogen (secondary N) is 1. The van der Waals surface area contributed by atoms with Crippen molar-refractivity contribution in [1.29, 1.82) is 0 Å². The number of carbonyl (C=O) groups excluding carboxylic acids is 1. The minimum atomic E-state index is 0.0222. The lowest BCUT2D eigenvalue weighted by Gasteiger charge is -2.28. The average Bonchev–Trinajstić information content (AvgIpc) is 3.27. The third-order valence-corrected chi connectivity index (χ3v) is 7.23. The monoisotopic (exact) mass is 463 g/mol. The van der Waals surface area contributed by atoms with Gasteiger partial charge in [-0.25, -0.2) is 0 Å². The number of fused-ring (bicyclic) bond motifs is 1. The van der Waals surface area contributed by atoms with E-state index < -0.39 is 0 Å². The van der Waals surface area contributed by atoms with Gasteiger partial charge in [-0.1, -0.05) is 54.2 Å². The Balaban J connectivity index is 1.34. The van der Waals surface area contributed by atoms with Gasteiger partial charge in [-0.05, 0) is 48.9 Å². The lowest BCUT2D eigenvalue weighted by atomic mass is 9.88. The maximum Gasteiger partial charge on any atom is 0.232 e. The van der Waals surface area contributed by atoms with Crippen LogP contribution in [0.5, 0.6) is 0 Å². The van der Waals surface area contributed by atoms with Gasteiger partial charge in [0.1, 0.15) is 0 Å². The smallest absolute Gasteiger partial charge is 0.232 e. The second kappa shape index (κ2) is 9.97. The van der Waals surface area contributed by atoms with Crippen molar-refractivity contribution in [3.8, 4) is 5.69 Å². The molecular formula is C25H29N5O2S. The summed E-state index contributed by atoms with van der Waals surface area (Å²) in [7, 11) is 0. The highest BCUT2D eigenvalue weighted by Gasteiger charge is 2.24. The number of ether oxygens (including phenoxy) is 1. The molecule has 5 rings (SSSR count). The summed E-state index contributed by atoms with van der Waals surface area (Å²) in [5.74, 6) is 1.12. The van der Waals surface area contributed by atoms with Crippen LogP contribution in [0.3, 0.4) is 0 Å². The first kappa shape index (κ1) is 22.0. The predicted molar refractivity (Wildman–Crippen MR) is 130 cm³/mol. The van der Waals surface area contributed by atoms with E-state index in [1.807, 2.05) is 12.1 Å². The molecule has 1 aromatic heterocycles. The minimum Gasteiger partial charge on any atom is -0.378 e. The molecule has 8 heteroatoms. The van der Waals surface area contributed by atoms with Crippen LogP contribution in [0.15, 0.2) is 53.7 Å². The number of nitrogens with zero attached hydrogens (tertiary/aromatic N) is 4. The first-order valence-electron chi connectivity index (χ1n) is 11.5. The summed E-state index contributed by atoms with van der Waals surface area (Å²) < 4.78 is 7.59. The number of thioether (sulfide) groups is 1. The molecule has 7 nitrogen and oxygen atoms in total. The van der Waals surface area contributed by atoms with Gasteiger partial charge in [-0.15, -0.1) is 10.2 Å². The van der Waals surface area contributed by atoms with Crippen LogP contribution >= 0.6 is 11.8 Å². The Kier molecular flexibility index (Phi) is 6.64. The van der Waals surface area contributed by atoms with Crippen molar-refractivity contribution >= 4 is 23.6 Å². The molecule has 1 aliphatic heterocycles. The van der Waals surface area contributed by atoms with Gasteiger partial charge in [0.25, 0.3) is 0 Å². The van der Waals surface area contributed by atoms with Crippen LogP contribution in [0.4, 0.5) is 5.95 Å². The number of morpholine rings is 1. The summed E-state index contributed by atoms with van der Waals surface area (Å²) in [6.45, 7) is 4.98. The molecule has 1 amide bonds. The van der Waals surface area contributed by atoms with Gasteiger partial charge in [-0.2, -0.15) is 0 Å². The number of carbonyl (C=O) groups is 1. The standard InChI is InChI=1S/C25H29N5O2S/c1-18-7-2-5-12-22(18)30-24(29-13-15-32-16-14-29)27-28-25(30)33-17-23(31)26-21-11-6-9-19-8-3-4-10-20(19)21/h2-5,7-8,10,12,21H,6,9,11,13-17H2,1H3,(H,26,31). The fourth-order valence-electron chi connectivity index (χ4n) is 4.62. The quantitative estimate of drug-likeness (QED) is 0.562. The van der Waals surface area contributed by atoms with Crippen LogP contribution in [-0.2, 0) is 16.0 Å². The van der Waals surface area contributed by atoms with Crippen LogP contribution in [0.25, 0.3) is 5.69 Å². The number of para-hydroxylation sites is 1. The van der Waals surface area contributed by atoms with E-state index in [9.17, 15) is 4.79 Å². The number of rotatable bonds is 6. The molecule has 0 bridgehead atoms. The van der Waals surface area contributed by atoms with Gasteiger partial charge >= 0.3 is 0 Å². The molecule has 2 heterocycles. The number of hydrogen-bond donors (Lipinski definition) is 1. The summed E-state index contributed by atoms with van der Waals surface area (Å²) in [5.41, 5.74) is 4.76. The zero-order chi connectivity index (χ0) is 22.6. The Morgan fingerprint density at radius 3 is 2.76 bits per heavy atom. The normalized spacial score (nSPS) is 18.1. The Hall–Kier alpha value is -2.84. The van der Waals surface area contributed by atoms with Crippen molar-refractivity contribution < 1.29 is 9.53 Å². The highest BCUT2D eigenvalue weighted by molar-refractivity contribution is 7.99. The van der Waals surface area contributed by atoms with Crippen LogP contribution in [0, 0.1) is 6.92 Å². The Morgan fingerprint density at radius 2 is 1.91 bits per heavy atom. The molecule has 1 atom stereocenters. The van der Waals surface area contributed by atoms with E-state index >= 15 is 0 Å². The van der Waals surface area contributed by atoms with Crippen molar-refractivity contribution in [3.05, 3.63) is 65.2 Å². The number of aryl methyl sites for hydroxylation is 2. The van der Waals surface area contributed by atoms with E-state index in [0.29, 0.717) is 19.0 Å². The predicted octanol–water partition coefficient (Wildman–Crippen LogP) is 3.70. The fourth-order valence-corrected chi connectivity index (χ4v) is 5.37. The molecule has 0 saturated carbocycles. The third kappa shape index (κ3) is 4.77. The second-order valence-electron chi connectivity index (χ2n) is 8.50. The lowest BCUT2D eigenvalue weighted by Crippen LogP contribution is -2.38. The molecule has 1 saturated heterocycles. The van der Waals surface area contributed by atoms with Gasteiger partial charge in [0.2, 0.25) is 11.9 Å². The van der Waals surface area contributed by atoms with E-state index in [-0.39, 0.29) is 11.9 Å². The molecular weight excluding hydrogens is 434 g/mol. The first-order chi connectivity index (χ1) is 16.2. The zero-order valence-electron chi connectivity index (χ0n) is 18.9. The van der Waals surface area contributed by atoms with E-state index in [1.54, 1.807) is 0 Å². The van der Waals surface area contributed by atoms with Crippen LogP contribution in [-0.4, -0.2) is 52.7 Å². The van der Waals surface area contributed by atoms with Crippen molar-refractivity contribution in [2.24, 2.45) is 0 Å². The topological polar surface area (TPSA) is 72.3 Å². The van der Waals surface area contributed by atoms with Crippen LogP contribution in [0.2, 0.25) is 0 Å². The average molecular weight is 464 g/mol. The maximum absolute atomic E-state index is 12.9. The van der Waals surface area contributed by atoms with E-state index in [1.165, 1.54) is 22.9 Å². The summed E-state index contributed by atoms with van der Waals surface area (Å²) in [4.78, 5) is 15.1. The second-order valence-corrected chi connectivity index (χ2v) is 9.45. The molecule has 0 spiro atoms. The molecule has 1 fully saturated rings. The van der Waals surface area contributed by atoms with E-state index in [0.717, 1.165) is 54.7 Å². The molecule has 3 aromatic rings. The van der Waals surface area contributed by atoms with Gasteiger partial charge < -0.3 is 15.0 Å². The largest absolute Gasteiger partial charge is 0.378 e. The molecule has 2 aliphatic rings. The summed E-state index contributed by atoms with van der Waals surface area (Å²) >= 11 is 1.43. The van der Waals surface area contributed by atoms with Gasteiger partial charge in [0, 0.05) is 13.1 Å². The summed E-state index contributed by atoms with van der Waals surface area (Å²) in [6, 6.07) is 16.7. The van der Waals surface area contributed by atoms with E-state index in [4.69, 9.17) is 4.74 Å². The zero-order valence-corrected chi connectivity index (χ0v) is 19.7. The first-order valence-corrected chi connectivity index (χ1v) is 12.5. The molecule has 1 aliphatic carbocycles. The van der Waals surface area contributed by atoms with Crippen molar-refractivity contribution in [1.82, 2.24) is 20.1 Å². The van der Waals surface area contributed by atoms with Crippen molar-refractivity contribution in [2.75, 3.05) is 37.0 Å². The van der Waals surface area contributed by atoms with Crippen molar-refractivity contribution in [2.45, 2.75) is 37.4 Å². The molecule has 33 heavy (non-hydrogen) atoms. The Bertz CT molecular complexity index is 1130. The summed E-state index contributed by atoms with van der Waals surface area (Å²) in [5, 5.41) is 13.0. The fraction of sp³-hybridized carbons (Fsp3) is 0.400. The minimum absolute atomic E-state index is 0.0222. The third-order valence-electron chi connectivity index (χ3n) is 6.30. The lowest BCUT2D eigenvalue weighted by molar-refractivity contribution is -0.119. The van der Waals surface area contributed by atoms with Gasteiger partial charge in [-0.3, -0.25) is 9.36 Å². The molecule has 0 radical (unpaired) electrons. The van der Waals surface area contributed by atoms with E-state index in [2.05, 4.69) is 68.3 Å².